The van der Waals surface area contributed by atoms with Gasteiger partial charge < -0.3 is 20.9 Å². The van der Waals surface area contributed by atoms with E-state index in [1.807, 2.05) is 0 Å². The second-order valence-corrected chi connectivity index (χ2v) is 8.31. The Labute approximate surface area is 193 Å². The molecular weight excluding hydrogens is 452 g/mol. The molecule has 1 aliphatic carbocycles. The molecule has 3 aliphatic rings. The highest BCUT2D eigenvalue weighted by atomic mass is 16.6. The predicted molar refractivity (Wildman–Crippen MR) is 112 cm³/mol. The Morgan fingerprint density at radius 1 is 0.735 bits per heavy atom. The van der Waals surface area contributed by atoms with Gasteiger partial charge in [0.1, 0.15) is 24.3 Å². The minimum Gasteiger partial charge on any atom is -0.472 e. The first-order chi connectivity index (χ1) is 16.0. The van der Waals surface area contributed by atoms with Crippen molar-refractivity contribution >= 4 is 47.2 Å². The molecule has 2 saturated heterocycles. The van der Waals surface area contributed by atoms with Gasteiger partial charge in [0.15, 0.2) is 0 Å². The van der Waals surface area contributed by atoms with E-state index in [2.05, 4.69) is 0 Å². The van der Waals surface area contributed by atoms with E-state index in [9.17, 15) is 28.8 Å². The maximum atomic E-state index is 12.1. The summed E-state index contributed by atoms with van der Waals surface area (Å²) >= 11 is 0. The van der Waals surface area contributed by atoms with Crippen molar-refractivity contribution in [2.75, 3.05) is 0 Å². The number of nitrogens with zero attached hydrogens (tertiary/aromatic N) is 2. The first kappa shape index (κ1) is 24.8. The molecule has 0 radical (unpaired) electrons. The summed E-state index contributed by atoms with van der Waals surface area (Å²) in [4.78, 5) is 72.9. The summed E-state index contributed by atoms with van der Waals surface area (Å²) in [7, 11) is 0. The summed E-state index contributed by atoms with van der Waals surface area (Å²) in [5, 5.41) is 16.5. The maximum absolute atomic E-state index is 12.1. The minimum atomic E-state index is -1.29. The number of rotatable bonds is 10. The number of carbonyl (C=O) groups excluding carboxylic acids is 6. The Morgan fingerprint density at radius 3 is 1.26 bits per heavy atom. The zero-order valence-electron chi connectivity index (χ0n) is 18.3. The van der Waals surface area contributed by atoms with Crippen LogP contribution in [0.1, 0.15) is 51.4 Å². The minimum absolute atomic E-state index is 0.0388. The Kier molecular flexibility index (Phi) is 7.27. The Balaban J connectivity index is 1.66. The molecule has 3 rings (SSSR count). The molecule has 34 heavy (non-hydrogen) atoms. The third kappa shape index (κ3) is 5.21. The van der Waals surface area contributed by atoms with Crippen molar-refractivity contribution in [3.05, 3.63) is 0 Å². The molecule has 14 heteroatoms. The van der Waals surface area contributed by atoms with Gasteiger partial charge >= 0.3 is 0 Å². The monoisotopic (exact) mass is 478 g/mol. The number of nitrogens with one attached hydrogen (secondary N) is 2. The van der Waals surface area contributed by atoms with Gasteiger partial charge in [0.25, 0.3) is 0 Å². The van der Waals surface area contributed by atoms with Gasteiger partial charge in [-0.05, 0) is 12.8 Å². The van der Waals surface area contributed by atoms with Crippen LogP contribution in [0.25, 0.3) is 0 Å². The molecule has 1 saturated carbocycles. The molecule has 0 aromatic carbocycles. The summed E-state index contributed by atoms with van der Waals surface area (Å²) in [6.07, 6.45) is -1.86. The average Bonchev–Trinajstić information content (AvgIpc) is 3.25. The van der Waals surface area contributed by atoms with Crippen LogP contribution >= 0.6 is 0 Å². The third-order valence-electron chi connectivity index (χ3n) is 5.91. The van der Waals surface area contributed by atoms with Crippen molar-refractivity contribution < 1.29 is 38.2 Å². The number of hydrogen-bond donors (Lipinski definition) is 4. The van der Waals surface area contributed by atoms with Crippen LogP contribution in [0, 0.1) is 10.8 Å². The molecule has 184 valence electrons. The van der Waals surface area contributed by atoms with Gasteiger partial charge in [-0.1, -0.05) is 0 Å². The molecule has 0 spiro atoms. The van der Waals surface area contributed by atoms with E-state index in [1.54, 1.807) is 0 Å². The van der Waals surface area contributed by atoms with Crippen LogP contribution in [0.5, 0.6) is 0 Å². The number of nitrogens with two attached hydrogens (primary N) is 2. The Hall–Kier alpha value is -3.84. The van der Waals surface area contributed by atoms with Gasteiger partial charge in [0, 0.05) is 25.7 Å². The normalized spacial score (nSPS) is 24.0. The fourth-order valence-corrected chi connectivity index (χ4v) is 4.06. The number of carbonyl (C=O) groups is 6. The summed E-state index contributed by atoms with van der Waals surface area (Å²) in [6, 6.07) is -2.58. The molecule has 2 aliphatic heterocycles. The Bertz CT molecular complexity index is 857. The van der Waals surface area contributed by atoms with Crippen LogP contribution in [0.15, 0.2) is 0 Å². The highest BCUT2D eigenvalue weighted by Crippen LogP contribution is 2.30. The van der Waals surface area contributed by atoms with Crippen molar-refractivity contribution in [3.8, 4) is 0 Å². The first-order valence-corrected chi connectivity index (χ1v) is 10.8. The molecular formula is C20H26N6O8. The quantitative estimate of drug-likeness (QED) is 0.160. The van der Waals surface area contributed by atoms with E-state index >= 15 is 0 Å². The molecule has 6 amide bonds. The van der Waals surface area contributed by atoms with Crippen molar-refractivity contribution in [1.82, 2.24) is 9.80 Å². The molecule has 0 aromatic heterocycles. The van der Waals surface area contributed by atoms with Crippen LogP contribution in [0.2, 0.25) is 0 Å². The van der Waals surface area contributed by atoms with Gasteiger partial charge in [-0.25, -0.2) is 0 Å². The standard InChI is InChI=1S/C20H26N6O8/c21-13(27)7-9(25-15(29)3-4-16(25)30)19(23)33-11-1-2-12(11)34-20(24)10(8-14(22)28)26-17(31)5-6-18(26)32/h9-12,23-24H,1-8H2,(H2,21,27)(H2,22,28). The van der Waals surface area contributed by atoms with Gasteiger partial charge in [-0.2, -0.15) is 0 Å². The highest BCUT2D eigenvalue weighted by molar-refractivity contribution is 6.07. The second kappa shape index (κ2) is 9.97. The van der Waals surface area contributed by atoms with E-state index in [0.717, 1.165) is 9.80 Å². The zero-order chi connectivity index (χ0) is 25.2. The Morgan fingerprint density at radius 2 is 1.03 bits per heavy atom. The highest BCUT2D eigenvalue weighted by Gasteiger charge is 2.44. The van der Waals surface area contributed by atoms with E-state index in [4.69, 9.17) is 31.8 Å². The second-order valence-electron chi connectivity index (χ2n) is 8.31. The number of imide groups is 2. The lowest BCUT2D eigenvalue weighted by atomic mass is 9.91. The largest absolute Gasteiger partial charge is 0.472 e. The van der Waals surface area contributed by atoms with Gasteiger partial charge in [-0.15, -0.1) is 0 Å². The van der Waals surface area contributed by atoms with Crippen molar-refractivity contribution in [3.63, 3.8) is 0 Å². The molecule has 6 N–H and O–H groups in total. The molecule has 0 aromatic rings. The summed E-state index contributed by atoms with van der Waals surface area (Å²) < 4.78 is 11.1. The van der Waals surface area contributed by atoms with E-state index in [1.165, 1.54) is 0 Å². The molecule has 4 atom stereocenters. The lowest BCUT2D eigenvalue weighted by Crippen LogP contribution is -2.53. The van der Waals surface area contributed by atoms with Crippen LogP contribution in [0.3, 0.4) is 0 Å². The van der Waals surface area contributed by atoms with E-state index in [0.29, 0.717) is 12.8 Å². The number of hydrogen-bond acceptors (Lipinski definition) is 10. The van der Waals surface area contributed by atoms with Crippen LogP contribution in [0.4, 0.5) is 0 Å². The molecule has 0 bridgehead atoms. The lowest BCUT2D eigenvalue weighted by molar-refractivity contribution is -0.143. The number of ether oxygens (including phenoxy) is 2. The zero-order valence-corrected chi connectivity index (χ0v) is 18.3. The van der Waals surface area contributed by atoms with Crippen LogP contribution < -0.4 is 11.5 Å². The van der Waals surface area contributed by atoms with Crippen molar-refractivity contribution in [1.29, 1.82) is 10.8 Å². The fraction of sp³-hybridized carbons (Fsp3) is 0.600. The number of primary amides is 2. The van der Waals surface area contributed by atoms with Crippen LogP contribution in [-0.4, -0.2) is 81.3 Å². The van der Waals surface area contributed by atoms with Crippen LogP contribution in [-0.2, 0) is 38.2 Å². The fourth-order valence-electron chi connectivity index (χ4n) is 4.06. The average molecular weight is 478 g/mol. The molecule has 4 unspecified atom stereocenters. The van der Waals surface area contributed by atoms with E-state index < -0.39 is 84.4 Å². The lowest BCUT2D eigenvalue weighted by Gasteiger charge is -2.39. The molecule has 14 nitrogen and oxygen atoms in total. The van der Waals surface area contributed by atoms with Gasteiger partial charge in [-0.3, -0.25) is 49.4 Å². The third-order valence-corrected chi connectivity index (χ3v) is 5.91. The first-order valence-electron chi connectivity index (χ1n) is 10.8. The maximum Gasteiger partial charge on any atom is 0.230 e. The number of likely N-dealkylation sites (tertiary alicyclic amines) is 2. The van der Waals surface area contributed by atoms with Crippen molar-refractivity contribution in [2.45, 2.75) is 75.7 Å². The summed E-state index contributed by atoms with van der Waals surface area (Å²) in [5.74, 6) is -4.86. The molecule has 2 heterocycles. The summed E-state index contributed by atoms with van der Waals surface area (Å²) in [5.41, 5.74) is 10.4. The van der Waals surface area contributed by atoms with E-state index in [-0.39, 0.29) is 25.7 Å². The number of amides is 6. The summed E-state index contributed by atoms with van der Waals surface area (Å²) in [6.45, 7) is 0. The predicted octanol–water partition coefficient (Wildman–Crippen LogP) is -1.71. The van der Waals surface area contributed by atoms with Gasteiger partial charge in [0.2, 0.25) is 47.2 Å². The van der Waals surface area contributed by atoms with Crippen molar-refractivity contribution in [2.24, 2.45) is 11.5 Å². The van der Waals surface area contributed by atoms with Gasteiger partial charge in [0.05, 0.1) is 12.8 Å². The molecule has 3 fully saturated rings. The topological polar surface area (TPSA) is 227 Å². The smallest absolute Gasteiger partial charge is 0.230 e. The SMILES string of the molecule is N=C(OC1CCC1OC(=N)C(CC(N)=O)N1C(=O)CCC1=O)C(CC(N)=O)N1C(=O)CCC1=O.